The second kappa shape index (κ2) is 6.66. The molecule has 0 aliphatic carbocycles. The number of benzene rings is 2. The summed E-state index contributed by atoms with van der Waals surface area (Å²) < 4.78 is 51.5. The predicted molar refractivity (Wildman–Crippen MR) is 86.4 cm³/mol. The third-order valence-corrected chi connectivity index (χ3v) is 5.23. The van der Waals surface area contributed by atoms with Gasteiger partial charge >= 0.3 is 0 Å². The van der Waals surface area contributed by atoms with Gasteiger partial charge in [-0.3, -0.25) is 4.79 Å². The van der Waals surface area contributed by atoms with Crippen molar-refractivity contribution in [1.82, 2.24) is 4.31 Å². The second-order valence-electron chi connectivity index (χ2n) is 5.35. The van der Waals surface area contributed by atoms with Crippen LogP contribution in [0, 0.1) is 18.6 Å². The van der Waals surface area contributed by atoms with E-state index in [4.69, 9.17) is 0 Å². The highest BCUT2D eigenvalue weighted by Crippen LogP contribution is 2.22. The summed E-state index contributed by atoms with van der Waals surface area (Å²) in [5, 5.41) is 2.51. The molecule has 0 unspecified atom stereocenters. The first-order valence-electron chi connectivity index (χ1n) is 6.92. The van der Waals surface area contributed by atoms with Crippen molar-refractivity contribution in [3.05, 3.63) is 59.2 Å². The van der Waals surface area contributed by atoms with Crippen LogP contribution in [0.1, 0.15) is 15.9 Å². The zero-order valence-electron chi connectivity index (χ0n) is 13.3. The molecule has 0 aliphatic heterocycles. The molecule has 1 N–H and O–H groups in total. The average Bonchev–Trinajstić information content (AvgIpc) is 2.51. The van der Waals surface area contributed by atoms with Crippen LogP contribution < -0.4 is 5.32 Å². The summed E-state index contributed by atoms with van der Waals surface area (Å²) in [4.78, 5) is 12.2. The number of halogens is 2. The highest BCUT2D eigenvalue weighted by molar-refractivity contribution is 7.89. The van der Waals surface area contributed by atoms with Crippen LogP contribution in [0.25, 0.3) is 0 Å². The van der Waals surface area contributed by atoms with E-state index in [1.807, 2.05) is 0 Å². The first-order chi connectivity index (χ1) is 11.1. The van der Waals surface area contributed by atoms with Crippen LogP contribution in [0.3, 0.4) is 0 Å². The standard InChI is InChI=1S/C16H16F2N2O3S/c1-10-4-6-12(24(22,23)20(2)3)9-15(10)19-16(21)11-5-7-13(17)14(18)8-11/h4-9H,1-3H3,(H,19,21). The molecule has 1 amide bonds. The van der Waals surface area contributed by atoms with Gasteiger partial charge in [-0.1, -0.05) is 6.07 Å². The van der Waals surface area contributed by atoms with E-state index in [-0.39, 0.29) is 16.1 Å². The summed E-state index contributed by atoms with van der Waals surface area (Å²) in [5.41, 5.74) is 0.825. The van der Waals surface area contributed by atoms with Crippen molar-refractivity contribution in [3.63, 3.8) is 0 Å². The van der Waals surface area contributed by atoms with Gasteiger partial charge in [0.15, 0.2) is 11.6 Å². The molecule has 2 rings (SSSR count). The predicted octanol–water partition coefficient (Wildman–Crippen LogP) is 2.78. The van der Waals surface area contributed by atoms with Gasteiger partial charge in [-0.25, -0.2) is 21.5 Å². The number of aryl methyl sites for hydroxylation is 1. The van der Waals surface area contributed by atoms with Crippen LogP contribution in [0.5, 0.6) is 0 Å². The fourth-order valence-corrected chi connectivity index (χ4v) is 2.87. The Morgan fingerprint density at radius 2 is 1.71 bits per heavy atom. The van der Waals surface area contributed by atoms with Gasteiger partial charge in [-0.15, -0.1) is 0 Å². The molecule has 5 nitrogen and oxygen atoms in total. The maximum Gasteiger partial charge on any atom is 0.255 e. The van der Waals surface area contributed by atoms with Gasteiger partial charge in [-0.05, 0) is 42.8 Å². The van der Waals surface area contributed by atoms with E-state index in [9.17, 15) is 22.0 Å². The minimum atomic E-state index is -3.66. The lowest BCUT2D eigenvalue weighted by Crippen LogP contribution is -2.22. The second-order valence-corrected chi connectivity index (χ2v) is 7.50. The number of nitrogens with zero attached hydrogens (tertiary/aromatic N) is 1. The SMILES string of the molecule is Cc1ccc(S(=O)(=O)N(C)C)cc1NC(=O)c1ccc(F)c(F)c1. The van der Waals surface area contributed by atoms with E-state index in [0.717, 1.165) is 22.5 Å². The number of sulfonamides is 1. The van der Waals surface area contributed by atoms with Crippen molar-refractivity contribution in [2.45, 2.75) is 11.8 Å². The fourth-order valence-electron chi connectivity index (χ4n) is 1.94. The average molecular weight is 354 g/mol. The van der Waals surface area contributed by atoms with Gasteiger partial charge < -0.3 is 5.32 Å². The number of nitrogens with one attached hydrogen (secondary N) is 1. The Balaban J connectivity index is 2.35. The normalized spacial score (nSPS) is 11.6. The van der Waals surface area contributed by atoms with E-state index in [2.05, 4.69) is 5.32 Å². The van der Waals surface area contributed by atoms with E-state index < -0.39 is 27.6 Å². The molecule has 0 heterocycles. The van der Waals surface area contributed by atoms with Gasteiger partial charge in [0.25, 0.3) is 5.91 Å². The molecular formula is C16H16F2N2O3S. The summed E-state index contributed by atoms with van der Waals surface area (Å²) >= 11 is 0. The summed E-state index contributed by atoms with van der Waals surface area (Å²) in [6, 6.07) is 7.07. The molecule has 0 saturated carbocycles. The molecule has 0 spiro atoms. The molecule has 24 heavy (non-hydrogen) atoms. The zero-order chi connectivity index (χ0) is 18.1. The van der Waals surface area contributed by atoms with Gasteiger partial charge in [0.2, 0.25) is 10.0 Å². The molecule has 0 bridgehead atoms. The van der Waals surface area contributed by atoms with Crippen LogP contribution in [-0.2, 0) is 10.0 Å². The van der Waals surface area contributed by atoms with E-state index >= 15 is 0 Å². The maximum absolute atomic E-state index is 13.2. The Morgan fingerprint density at radius 1 is 1.04 bits per heavy atom. The fraction of sp³-hybridized carbons (Fsp3) is 0.188. The smallest absolute Gasteiger partial charge is 0.255 e. The van der Waals surface area contributed by atoms with E-state index in [1.54, 1.807) is 13.0 Å². The van der Waals surface area contributed by atoms with Crippen LogP contribution >= 0.6 is 0 Å². The third-order valence-electron chi connectivity index (χ3n) is 3.42. The quantitative estimate of drug-likeness (QED) is 0.918. The van der Waals surface area contributed by atoms with Crippen molar-refractivity contribution in [3.8, 4) is 0 Å². The van der Waals surface area contributed by atoms with Gasteiger partial charge in [0.05, 0.1) is 4.90 Å². The highest BCUT2D eigenvalue weighted by atomic mass is 32.2. The van der Waals surface area contributed by atoms with Crippen LogP contribution in [0.15, 0.2) is 41.3 Å². The van der Waals surface area contributed by atoms with Crippen molar-refractivity contribution >= 4 is 21.6 Å². The topological polar surface area (TPSA) is 66.5 Å². The molecule has 0 radical (unpaired) electrons. The van der Waals surface area contributed by atoms with Crippen LogP contribution in [0.4, 0.5) is 14.5 Å². The lowest BCUT2D eigenvalue weighted by atomic mass is 10.1. The van der Waals surface area contributed by atoms with Crippen molar-refractivity contribution < 1.29 is 22.0 Å². The Kier molecular flexibility index (Phi) is 5.00. The zero-order valence-corrected chi connectivity index (χ0v) is 14.1. The number of carbonyl (C=O) groups is 1. The molecular weight excluding hydrogens is 338 g/mol. The van der Waals surface area contributed by atoms with Crippen LogP contribution in [-0.4, -0.2) is 32.7 Å². The minimum absolute atomic E-state index is 0.0127. The van der Waals surface area contributed by atoms with E-state index in [1.165, 1.54) is 26.2 Å². The Hall–Kier alpha value is -2.32. The highest BCUT2D eigenvalue weighted by Gasteiger charge is 2.19. The largest absolute Gasteiger partial charge is 0.322 e. The minimum Gasteiger partial charge on any atom is -0.322 e. The lowest BCUT2D eigenvalue weighted by molar-refractivity contribution is 0.102. The van der Waals surface area contributed by atoms with Crippen molar-refractivity contribution in [2.75, 3.05) is 19.4 Å². The third kappa shape index (κ3) is 3.60. The summed E-state index contributed by atoms with van der Waals surface area (Å²) in [7, 11) is -0.861. The van der Waals surface area contributed by atoms with Gasteiger partial charge in [0, 0.05) is 25.3 Å². The lowest BCUT2D eigenvalue weighted by Gasteiger charge is -2.14. The molecule has 2 aromatic rings. The molecule has 0 aromatic heterocycles. The van der Waals surface area contributed by atoms with Crippen LogP contribution in [0.2, 0.25) is 0 Å². The van der Waals surface area contributed by atoms with Gasteiger partial charge in [0.1, 0.15) is 0 Å². The molecule has 8 heteroatoms. The number of hydrogen-bond acceptors (Lipinski definition) is 3. The molecule has 2 aromatic carbocycles. The maximum atomic E-state index is 13.2. The number of hydrogen-bond donors (Lipinski definition) is 1. The number of anilines is 1. The Morgan fingerprint density at radius 3 is 2.29 bits per heavy atom. The first-order valence-corrected chi connectivity index (χ1v) is 8.36. The Bertz CT molecular complexity index is 896. The first kappa shape index (κ1) is 18.0. The van der Waals surface area contributed by atoms with Crippen molar-refractivity contribution in [1.29, 1.82) is 0 Å². The molecule has 128 valence electrons. The molecule has 0 fully saturated rings. The number of rotatable bonds is 4. The molecule has 0 saturated heterocycles. The van der Waals surface area contributed by atoms with Crippen molar-refractivity contribution in [2.24, 2.45) is 0 Å². The molecule has 0 atom stereocenters. The summed E-state index contributed by atoms with van der Waals surface area (Å²) in [5.74, 6) is -2.86. The summed E-state index contributed by atoms with van der Waals surface area (Å²) in [6.07, 6.45) is 0. The number of amides is 1. The van der Waals surface area contributed by atoms with E-state index in [0.29, 0.717) is 5.56 Å². The monoisotopic (exact) mass is 354 g/mol. The Labute approximate surface area is 139 Å². The van der Waals surface area contributed by atoms with Gasteiger partial charge in [-0.2, -0.15) is 0 Å². The molecule has 0 aliphatic rings. The summed E-state index contributed by atoms with van der Waals surface area (Å²) in [6.45, 7) is 1.69. The number of carbonyl (C=O) groups excluding carboxylic acids is 1.